The zero-order valence-electron chi connectivity index (χ0n) is 23.7. The van der Waals surface area contributed by atoms with Crippen LogP contribution in [0, 0.1) is 11.8 Å². The number of hydrogen-bond donors (Lipinski definition) is 2. The van der Waals surface area contributed by atoms with E-state index in [1.807, 2.05) is 97.1 Å². The fraction of sp³-hybridized carbons (Fsp3) is 0.343. The smallest absolute Gasteiger partial charge is 0.309 e. The van der Waals surface area contributed by atoms with Gasteiger partial charge < -0.3 is 20.1 Å². The summed E-state index contributed by atoms with van der Waals surface area (Å²) >= 11 is 0. The van der Waals surface area contributed by atoms with Crippen LogP contribution in [0.4, 0.5) is 0 Å². The van der Waals surface area contributed by atoms with Gasteiger partial charge in [0.25, 0.3) is 0 Å². The molecule has 0 fully saturated rings. The minimum absolute atomic E-state index is 0.000245. The topological polar surface area (TPSA) is 95.9 Å². The Balaban J connectivity index is 1.36. The summed E-state index contributed by atoms with van der Waals surface area (Å²) in [5.74, 6) is -1.70. The van der Waals surface area contributed by atoms with Crippen LogP contribution in [0.15, 0.2) is 97.1 Å². The zero-order valence-corrected chi connectivity index (χ0v) is 23.7. The van der Waals surface area contributed by atoms with Crippen molar-refractivity contribution in [2.45, 2.75) is 50.7 Å². The molecule has 0 saturated carbocycles. The van der Waals surface area contributed by atoms with Crippen molar-refractivity contribution in [2.75, 3.05) is 13.2 Å². The number of fused-ring (bicyclic) bond motifs is 1. The van der Waals surface area contributed by atoms with Gasteiger partial charge in [0.15, 0.2) is 0 Å². The van der Waals surface area contributed by atoms with Gasteiger partial charge in [-0.2, -0.15) is 0 Å². The van der Waals surface area contributed by atoms with Crippen molar-refractivity contribution in [1.29, 1.82) is 0 Å². The Morgan fingerprint density at radius 2 is 1.50 bits per heavy atom. The minimum atomic E-state index is -0.612. The fourth-order valence-electron chi connectivity index (χ4n) is 5.82. The Kier molecular flexibility index (Phi) is 9.82. The second-order valence-electron chi connectivity index (χ2n) is 11.2. The van der Waals surface area contributed by atoms with Crippen molar-refractivity contribution in [1.82, 2.24) is 10.2 Å². The van der Waals surface area contributed by atoms with E-state index in [1.165, 1.54) is 0 Å². The highest BCUT2D eigenvalue weighted by Crippen LogP contribution is 2.26. The van der Waals surface area contributed by atoms with Gasteiger partial charge in [0.05, 0.1) is 30.5 Å². The molecule has 3 aromatic carbocycles. The van der Waals surface area contributed by atoms with Crippen molar-refractivity contribution in [3.8, 4) is 0 Å². The van der Waals surface area contributed by atoms with Crippen LogP contribution in [0.25, 0.3) is 0 Å². The van der Waals surface area contributed by atoms with E-state index in [2.05, 4.69) is 5.32 Å². The largest absolute Gasteiger partial charge is 0.463 e. The molecule has 2 aliphatic heterocycles. The van der Waals surface area contributed by atoms with Crippen molar-refractivity contribution >= 4 is 17.8 Å². The molecule has 5 rings (SSSR count). The first-order valence-electron chi connectivity index (χ1n) is 14.7. The minimum Gasteiger partial charge on any atom is -0.463 e. The average molecular weight is 567 g/mol. The number of aliphatic hydroxyl groups is 1. The predicted octanol–water partition coefficient (Wildman–Crippen LogP) is 4.55. The van der Waals surface area contributed by atoms with E-state index in [0.29, 0.717) is 32.2 Å². The summed E-state index contributed by atoms with van der Waals surface area (Å²) in [5, 5.41) is 13.2. The van der Waals surface area contributed by atoms with Crippen LogP contribution < -0.4 is 5.32 Å². The highest BCUT2D eigenvalue weighted by molar-refractivity contribution is 5.86. The molecule has 3 aromatic rings. The average Bonchev–Trinajstić information content (AvgIpc) is 3.03. The summed E-state index contributed by atoms with van der Waals surface area (Å²) < 4.78 is 5.80. The number of amides is 2. The highest BCUT2D eigenvalue weighted by atomic mass is 16.5. The molecule has 7 nitrogen and oxygen atoms in total. The molecule has 2 heterocycles. The van der Waals surface area contributed by atoms with Gasteiger partial charge in [-0.15, -0.1) is 0 Å². The van der Waals surface area contributed by atoms with E-state index in [4.69, 9.17) is 4.74 Å². The lowest BCUT2D eigenvalue weighted by Crippen LogP contribution is -2.47. The first kappa shape index (κ1) is 29.3. The molecule has 42 heavy (non-hydrogen) atoms. The molecule has 0 radical (unpaired) electrons. The molecule has 2 aliphatic rings. The van der Waals surface area contributed by atoms with E-state index in [-0.39, 0.29) is 49.4 Å². The first-order valence-corrected chi connectivity index (χ1v) is 14.7. The second kappa shape index (κ2) is 14.1. The number of cyclic esters (lactones) is 1. The lowest BCUT2D eigenvalue weighted by atomic mass is 9.91. The third-order valence-electron chi connectivity index (χ3n) is 8.26. The fourth-order valence-corrected chi connectivity index (χ4v) is 5.82. The molecule has 0 bridgehead atoms. The molecule has 0 saturated heterocycles. The van der Waals surface area contributed by atoms with Crippen LogP contribution in [-0.2, 0) is 38.5 Å². The molecule has 2 N–H and O–H groups in total. The zero-order chi connectivity index (χ0) is 29.3. The summed E-state index contributed by atoms with van der Waals surface area (Å²) in [6.45, 7) is 0.273. The molecule has 0 aliphatic carbocycles. The molecule has 0 unspecified atom stereocenters. The van der Waals surface area contributed by atoms with Gasteiger partial charge in [-0.05, 0) is 47.9 Å². The predicted molar refractivity (Wildman–Crippen MR) is 160 cm³/mol. The van der Waals surface area contributed by atoms with E-state index in [9.17, 15) is 19.5 Å². The van der Waals surface area contributed by atoms with Gasteiger partial charge in [0.1, 0.15) is 6.61 Å². The van der Waals surface area contributed by atoms with Gasteiger partial charge in [-0.1, -0.05) is 97.1 Å². The molecule has 0 aromatic heterocycles. The first-order chi connectivity index (χ1) is 20.5. The Bertz CT molecular complexity index is 1390. The summed E-state index contributed by atoms with van der Waals surface area (Å²) in [5.41, 5.74) is 4.08. The van der Waals surface area contributed by atoms with Crippen molar-refractivity contribution < 1.29 is 24.2 Å². The lowest BCUT2D eigenvalue weighted by molar-refractivity contribution is -0.150. The number of benzene rings is 3. The molecule has 4 atom stereocenters. The van der Waals surface area contributed by atoms with Gasteiger partial charge in [-0.3, -0.25) is 14.4 Å². The summed E-state index contributed by atoms with van der Waals surface area (Å²) in [6.07, 6.45) is 5.80. The van der Waals surface area contributed by atoms with Gasteiger partial charge in [-0.25, -0.2) is 0 Å². The van der Waals surface area contributed by atoms with Crippen LogP contribution in [0.2, 0.25) is 0 Å². The quantitative estimate of drug-likeness (QED) is 0.337. The molecular formula is C35H38N2O5. The molecule has 0 spiro atoms. The monoisotopic (exact) mass is 566 g/mol. The maximum absolute atomic E-state index is 13.7. The number of ether oxygens (including phenoxy) is 1. The number of aliphatic hydroxyl groups excluding tert-OH is 1. The number of nitrogens with one attached hydrogen (secondary N) is 1. The summed E-state index contributed by atoms with van der Waals surface area (Å²) in [6, 6.07) is 26.4. The standard InChI is InChI=1S/C35H38N2O5/c38-23-31-20-27-15-7-10-18-30(27)22-37(31)33(39)21-28-16-8-9-17-29(19-25-11-3-1-4-12-25)35(41)42-24-32(36-34(28)40)26-13-5-2-6-14-26/h1-15,18,28-29,31-32,38H,16-17,19-24H2,(H,36,40)/t28-,29+,31+,32-/m1/s1. The van der Waals surface area contributed by atoms with Crippen LogP contribution in [0.1, 0.15) is 47.6 Å². The number of hydrogen-bond acceptors (Lipinski definition) is 5. The third-order valence-corrected chi connectivity index (χ3v) is 8.26. The molecule has 218 valence electrons. The Morgan fingerprint density at radius 1 is 0.857 bits per heavy atom. The van der Waals surface area contributed by atoms with Crippen molar-refractivity contribution in [3.63, 3.8) is 0 Å². The number of allylic oxidation sites excluding steroid dienone is 2. The van der Waals surface area contributed by atoms with Gasteiger partial charge >= 0.3 is 5.97 Å². The molecular weight excluding hydrogens is 528 g/mol. The third kappa shape index (κ3) is 7.34. The second-order valence-corrected chi connectivity index (χ2v) is 11.2. The Labute approximate surface area is 247 Å². The van der Waals surface area contributed by atoms with E-state index >= 15 is 0 Å². The van der Waals surface area contributed by atoms with Crippen molar-refractivity contribution in [3.05, 3.63) is 119 Å². The van der Waals surface area contributed by atoms with Crippen molar-refractivity contribution in [2.24, 2.45) is 11.8 Å². The number of rotatable bonds is 6. The molecule has 7 heteroatoms. The lowest BCUT2D eigenvalue weighted by Gasteiger charge is -2.36. The Hall–Kier alpha value is -4.23. The van der Waals surface area contributed by atoms with E-state index in [0.717, 1.165) is 22.3 Å². The van der Waals surface area contributed by atoms with E-state index < -0.39 is 12.0 Å². The summed E-state index contributed by atoms with van der Waals surface area (Å²) in [7, 11) is 0. The molecule has 2 amide bonds. The maximum Gasteiger partial charge on any atom is 0.309 e. The highest BCUT2D eigenvalue weighted by Gasteiger charge is 2.33. The summed E-state index contributed by atoms with van der Waals surface area (Å²) in [4.78, 5) is 42.2. The van der Waals surface area contributed by atoms with Crippen LogP contribution in [0.5, 0.6) is 0 Å². The SMILES string of the molecule is O=C1N[C@@H](c2ccccc2)COC(=O)[C@H](Cc2ccccc2)CC=CC[C@@H]1CC(=O)N1Cc2ccccc2C[C@H]1CO. The van der Waals surface area contributed by atoms with Crippen LogP contribution >= 0.6 is 0 Å². The number of esters is 1. The maximum atomic E-state index is 13.7. The normalized spacial score (nSPS) is 23.1. The van der Waals surface area contributed by atoms with Crippen LogP contribution in [-0.4, -0.2) is 47.0 Å². The number of carbonyl (C=O) groups is 3. The Morgan fingerprint density at radius 3 is 2.21 bits per heavy atom. The van der Waals surface area contributed by atoms with Gasteiger partial charge in [0, 0.05) is 13.0 Å². The van der Waals surface area contributed by atoms with Gasteiger partial charge in [0.2, 0.25) is 11.8 Å². The van der Waals surface area contributed by atoms with Crippen LogP contribution in [0.3, 0.4) is 0 Å². The number of nitrogens with zero attached hydrogens (tertiary/aromatic N) is 1. The number of carbonyl (C=O) groups excluding carboxylic acids is 3. The van der Waals surface area contributed by atoms with E-state index in [1.54, 1.807) is 4.90 Å².